The quantitative estimate of drug-likeness (QED) is 0.890. The van der Waals surface area contributed by atoms with Crippen LogP contribution in [0.15, 0.2) is 48.5 Å². The Morgan fingerprint density at radius 3 is 2.46 bits per heavy atom. The van der Waals surface area contributed by atoms with E-state index >= 15 is 0 Å². The van der Waals surface area contributed by atoms with Crippen LogP contribution < -0.4 is 5.32 Å². The van der Waals surface area contributed by atoms with E-state index in [1.165, 1.54) is 11.1 Å². The van der Waals surface area contributed by atoms with Crippen LogP contribution in [0.25, 0.3) is 0 Å². The molecule has 2 aromatic rings. The molecule has 0 aromatic heterocycles. The first-order valence-corrected chi connectivity index (χ1v) is 8.99. The lowest BCUT2D eigenvalue weighted by molar-refractivity contribution is -0.132. The first-order valence-electron chi connectivity index (χ1n) is 8.99. The highest BCUT2D eigenvalue weighted by atomic mass is 16.2. The molecule has 0 fully saturated rings. The van der Waals surface area contributed by atoms with Gasteiger partial charge in [-0.3, -0.25) is 9.59 Å². The second-order valence-corrected chi connectivity index (χ2v) is 7.83. The summed E-state index contributed by atoms with van der Waals surface area (Å²) < 4.78 is 0. The fraction of sp³-hybridized carbons (Fsp3) is 0.364. The van der Waals surface area contributed by atoms with E-state index in [1.54, 1.807) is 4.90 Å². The summed E-state index contributed by atoms with van der Waals surface area (Å²) >= 11 is 0. The molecule has 136 valence electrons. The lowest BCUT2D eigenvalue weighted by atomic mass is 9.83. The Morgan fingerprint density at radius 1 is 1.12 bits per heavy atom. The summed E-state index contributed by atoms with van der Waals surface area (Å²) in [6.45, 7) is 6.94. The van der Waals surface area contributed by atoms with Gasteiger partial charge in [-0.1, -0.05) is 61.9 Å². The molecule has 2 aromatic carbocycles. The third-order valence-electron chi connectivity index (χ3n) is 5.18. The van der Waals surface area contributed by atoms with Crippen molar-refractivity contribution in [1.82, 2.24) is 4.90 Å². The largest absolute Gasteiger partial charge is 0.345 e. The fourth-order valence-corrected chi connectivity index (χ4v) is 3.59. The molecule has 1 heterocycles. The first kappa shape index (κ1) is 18.2. The molecule has 1 aliphatic rings. The number of anilines is 1. The molecule has 2 amide bonds. The lowest BCUT2D eigenvalue weighted by Crippen LogP contribution is -2.39. The van der Waals surface area contributed by atoms with Gasteiger partial charge in [-0.15, -0.1) is 0 Å². The van der Waals surface area contributed by atoms with E-state index in [2.05, 4.69) is 50.4 Å². The van der Waals surface area contributed by atoms with Crippen molar-refractivity contribution in [2.24, 2.45) is 0 Å². The van der Waals surface area contributed by atoms with Crippen molar-refractivity contribution < 1.29 is 9.59 Å². The van der Waals surface area contributed by atoms with E-state index in [9.17, 15) is 9.59 Å². The maximum absolute atomic E-state index is 12.8. The number of amides is 2. The van der Waals surface area contributed by atoms with Crippen molar-refractivity contribution >= 4 is 17.5 Å². The molecule has 4 nitrogen and oxygen atoms in total. The van der Waals surface area contributed by atoms with Gasteiger partial charge in [-0.05, 0) is 24.1 Å². The Morgan fingerprint density at radius 2 is 1.77 bits per heavy atom. The lowest BCUT2D eigenvalue weighted by Gasteiger charge is -2.31. The van der Waals surface area contributed by atoms with E-state index in [-0.39, 0.29) is 23.7 Å². The minimum Gasteiger partial charge on any atom is -0.345 e. The van der Waals surface area contributed by atoms with Gasteiger partial charge in [0.15, 0.2) is 0 Å². The number of hydrogen-bond acceptors (Lipinski definition) is 2. The van der Waals surface area contributed by atoms with Gasteiger partial charge in [0.05, 0.1) is 5.92 Å². The number of para-hydroxylation sites is 1. The number of benzene rings is 2. The van der Waals surface area contributed by atoms with Crippen molar-refractivity contribution in [3.05, 3.63) is 65.2 Å². The van der Waals surface area contributed by atoms with Crippen molar-refractivity contribution in [3.63, 3.8) is 0 Å². The molecule has 3 rings (SSSR count). The molecule has 0 saturated heterocycles. The number of nitrogens with one attached hydrogen (secondary N) is 1. The Bertz CT molecular complexity index is 824. The van der Waals surface area contributed by atoms with Gasteiger partial charge in [0.25, 0.3) is 0 Å². The molecule has 0 radical (unpaired) electrons. The average molecular weight is 350 g/mol. The molecule has 1 N–H and O–H groups in total. The molecular weight excluding hydrogens is 324 g/mol. The van der Waals surface area contributed by atoms with E-state index in [1.807, 2.05) is 31.3 Å². The van der Waals surface area contributed by atoms with E-state index in [0.29, 0.717) is 6.54 Å². The predicted molar refractivity (Wildman–Crippen MR) is 104 cm³/mol. The molecule has 0 bridgehead atoms. The van der Waals surface area contributed by atoms with E-state index < -0.39 is 5.92 Å². The number of nitrogens with zero attached hydrogens (tertiary/aromatic N) is 1. The van der Waals surface area contributed by atoms with E-state index in [4.69, 9.17) is 0 Å². The number of rotatable bonds is 5. The highest BCUT2D eigenvalue weighted by Crippen LogP contribution is 2.35. The molecule has 1 atom stereocenters. The van der Waals surface area contributed by atoms with E-state index in [0.717, 1.165) is 11.3 Å². The Labute approximate surface area is 155 Å². The topological polar surface area (TPSA) is 49.4 Å². The molecule has 26 heavy (non-hydrogen) atoms. The second-order valence-electron chi connectivity index (χ2n) is 7.83. The van der Waals surface area contributed by atoms with Crippen LogP contribution in [0.1, 0.15) is 42.9 Å². The zero-order chi connectivity index (χ0) is 18.9. The fourth-order valence-electron chi connectivity index (χ4n) is 3.59. The van der Waals surface area contributed by atoms with Crippen LogP contribution in [0, 0.1) is 6.92 Å². The van der Waals surface area contributed by atoms with Crippen LogP contribution in [0.4, 0.5) is 5.69 Å². The van der Waals surface area contributed by atoms with Gasteiger partial charge >= 0.3 is 0 Å². The number of carbonyl (C=O) groups is 2. The number of likely N-dealkylation sites (N-methyl/N-ethyl adjacent to an activating group) is 1. The number of aryl methyl sites for hydroxylation is 1. The zero-order valence-electron chi connectivity index (χ0n) is 15.9. The Balaban J connectivity index is 1.68. The normalized spacial score (nSPS) is 16.2. The zero-order valence-corrected chi connectivity index (χ0v) is 15.9. The Kier molecular flexibility index (Phi) is 4.86. The van der Waals surface area contributed by atoms with Crippen molar-refractivity contribution in [1.29, 1.82) is 0 Å². The summed E-state index contributed by atoms with van der Waals surface area (Å²) in [7, 11) is 1.82. The molecule has 0 aliphatic carbocycles. The van der Waals surface area contributed by atoms with Crippen LogP contribution in [0.2, 0.25) is 0 Å². The third kappa shape index (κ3) is 3.64. The van der Waals surface area contributed by atoms with Crippen molar-refractivity contribution in [3.8, 4) is 0 Å². The summed E-state index contributed by atoms with van der Waals surface area (Å²) in [5.41, 5.74) is 4.00. The maximum Gasteiger partial charge on any atom is 0.232 e. The van der Waals surface area contributed by atoms with Gasteiger partial charge in [0.1, 0.15) is 0 Å². The summed E-state index contributed by atoms with van der Waals surface area (Å²) in [6.07, 6.45) is 0.198. The molecule has 1 unspecified atom stereocenters. The highest BCUT2D eigenvalue weighted by molar-refractivity contribution is 6.04. The molecule has 0 spiro atoms. The van der Waals surface area contributed by atoms with Crippen LogP contribution in [-0.2, 0) is 15.0 Å². The summed E-state index contributed by atoms with van der Waals surface area (Å²) in [6, 6.07) is 16.0. The Hall–Kier alpha value is -2.62. The standard InChI is InChI=1S/C22H26N2O2/c1-15-9-11-16(12-10-15)22(2,3)14-24(4)20(25)13-18-17-7-5-6-8-19(17)23-21(18)26/h5-12,18H,13-14H2,1-4H3,(H,23,26). The van der Waals surface area contributed by atoms with Crippen molar-refractivity contribution in [2.75, 3.05) is 18.9 Å². The van der Waals surface area contributed by atoms with Crippen LogP contribution >= 0.6 is 0 Å². The average Bonchev–Trinajstić information content (AvgIpc) is 2.90. The van der Waals surface area contributed by atoms with Gasteiger partial charge in [0.2, 0.25) is 11.8 Å². The summed E-state index contributed by atoms with van der Waals surface area (Å²) in [4.78, 5) is 26.8. The van der Waals surface area contributed by atoms with Gasteiger partial charge in [0, 0.05) is 31.1 Å². The molecule has 0 saturated carbocycles. The second kappa shape index (κ2) is 6.94. The highest BCUT2D eigenvalue weighted by Gasteiger charge is 2.33. The van der Waals surface area contributed by atoms with Crippen LogP contribution in [0.5, 0.6) is 0 Å². The summed E-state index contributed by atoms with van der Waals surface area (Å²) in [5.74, 6) is -0.503. The molecular formula is C22H26N2O2. The first-order chi connectivity index (χ1) is 12.3. The number of fused-ring (bicyclic) bond motifs is 1. The predicted octanol–water partition coefficient (Wildman–Crippen LogP) is 3.86. The van der Waals surface area contributed by atoms with Crippen LogP contribution in [0.3, 0.4) is 0 Å². The number of carbonyl (C=O) groups excluding carboxylic acids is 2. The minimum atomic E-state index is -0.399. The van der Waals surface area contributed by atoms with Gasteiger partial charge in [-0.2, -0.15) is 0 Å². The van der Waals surface area contributed by atoms with Gasteiger partial charge < -0.3 is 10.2 Å². The van der Waals surface area contributed by atoms with Crippen molar-refractivity contribution in [2.45, 2.75) is 38.5 Å². The number of hydrogen-bond donors (Lipinski definition) is 1. The summed E-state index contributed by atoms with van der Waals surface area (Å²) in [5, 5.41) is 2.86. The molecule has 4 heteroatoms. The third-order valence-corrected chi connectivity index (χ3v) is 5.18. The van der Waals surface area contributed by atoms with Gasteiger partial charge in [-0.25, -0.2) is 0 Å². The van der Waals surface area contributed by atoms with Crippen LogP contribution in [-0.4, -0.2) is 30.3 Å². The smallest absolute Gasteiger partial charge is 0.232 e. The maximum atomic E-state index is 12.8. The SMILES string of the molecule is Cc1ccc(C(C)(C)CN(C)C(=O)CC2C(=O)Nc3ccccc32)cc1. The minimum absolute atomic E-state index is 0.0120. The monoisotopic (exact) mass is 350 g/mol. The molecule has 1 aliphatic heterocycles.